The maximum atomic E-state index is 12.6. The van der Waals surface area contributed by atoms with Crippen molar-refractivity contribution in [2.45, 2.75) is 0 Å². The number of primary amides is 1. The predicted octanol–water partition coefficient (Wildman–Crippen LogP) is 1.89. The molecule has 1 aliphatic heterocycles. The van der Waals surface area contributed by atoms with Crippen LogP contribution in [0.3, 0.4) is 0 Å². The summed E-state index contributed by atoms with van der Waals surface area (Å²) in [6.07, 6.45) is 0. The van der Waals surface area contributed by atoms with Crippen LogP contribution in [0.2, 0.25) is 0 Å². The van der Waals surface area contributed by atoms with Crippen LogP contribution in [0.25, 0.3) is 21.8 Å². The molecule has 6 nitrogen and oxygen atoms in total. The van der Waals surface area contributed by atoms with Crippen molar-refractivity contribution in [2.75, 3.05) is 26.3 Å². The highest BCUT2D eigenvalue weighted by Gasteiger charge is 2.19. The number of benzene rings is 2. The molecule has 1 aromatic heterocycles. The molecule has 1 aliphatic rings. The Kier molecular flexibility index (Phi) is 3.46. The molecule has 0 atom stereocenters. The van der Waals surface area contributed by atoms with Gasteiger partial charge in [0.1, 0.15) is 0 Å². The Morgan fingerprint density at radius 3 is 2.46 bits per heavy atom. The van der Waals surface area contributed by atoms with E-state index in [0.29, 0.717) is 37.4 Å². The van der Waals surface area contributed by atoms with E-state index in [2.05, 4.69) is 4.98 Å². The molecular weight excluding hydrogens is 306 g/mol. The van der Waals surface area contributed by atoms with Crippen molar-refractivity contribution < 1.29 is 14.3 Å². The first-order valence-electron chi connectivity index (χ1n) is 7.86. The van der Waals surface area contributed by atoms with E-state index in [1.807, 2.05) is 24.3 Å². The minimum absolute atomic E-state index is 0.0108. The number of carbonyl (C=O) groups is 2. The lowest BCUT2D eigenvalue weighted by Gasteiger charge is -2.26. The smallest absolute Gasteiger partial charge is 0.254 e. The molecular formula is C18H17N3O3. The van der Waals surface area contributed by atoms with Gasteiger partial charge in [0.2, 0.25) is 5.91 Å². The number of ether oxygens (including phenoxy) is 1. The van der Waals surface area contributed by atoms with Crippen molar-refractivity contribution in [1.82, 2.24) is 9.88 Å². The lowest BCUT2D eigenvalue weighted by atomic mass is 10.1. The van der Waals surface area contributed by atoms with Crippen LogP contribution in [0.15, 0.2) is 36.4 Å². The van der Waals surface area contributed by atoms with Gasteiger partial charge in [-0.15, -0.1) is 0 Å². The van der Waals surface area contributed by atoms with Crippen LogP contribution in [-0.4, -0.2) is 48.0 Å². The largest absolute Gasteiger partial charge is 0.378 e. The van der Waals surface area contributed by atoms with Gasteiger partial charge < -0.3 is 20.4 Å². The second-order valence-electron chi connectivity index (χ2n) is 5.91. The zero-order chi connectivity index (χ0) is 16.7. The molecule has 0 unspecified atom stereocenters. The van der Waals surface area contributed by atoms with Gasteiger partial charge in [-0.25, -0.2) is 0 Å². The number of rotatable bonds is 2. The lowest BCUT2D eigenvalue weighted by Crippen LogP contribution is -2.40. The molecule has 0 bridgehead atoms. The second kappa shape index (κ2) is 5.65. The normalized spacial score (nSPS) is 15.1. The van der Waals surface area contributed by atoms with E-state index in [4.69, 9.17) is 10.5 Å². The number of fused-ring (bicyclic) bond motifs is 3. The summed E-state index contributed by atoms with van der Waals surface area (Å²) in [5, 5.41) is 1.89. The average Bonchev–Trinajstić information content (AvgIpc) is 2.98. The molecule has 1 saturated heterocycles. The Labute approximate surface area is 138 Å². The quantitative estimate of drug-likeness (QED) is 0.755. The van der Waals surface area contributed by atoms with Crippen molar-refractivity contribution in [2.24, 2.45) is 5.73 Å². The fourth-order valence-corrected chi connectivity index (χ4v) is 3.14. The van der Waals surface area contributed by atoms with Crippen molar-refractivity contribution >= 4 is 33.6 Å². The van der Waals surface area contributed by atoms with Gasteiger partial charge in [-0.1, -0.05) is 6.07 Å². The van der Waals surface area contributed by atoms with Gasteiger partial charge in [-0.05, 0) is 30.3 Å². The molecule has 4 rings (SSSR count). The molecule has 6 heteroatoms. The number of hydrogen-bond donors (Lipinski definition) is 2. The van der Waals surface area contributed by atoms with Crippen LogP contribution in [0.1, 0.15) is 20.7 Å². The summed E-state index contributed by atoms with van der Waals surface area (Å²) in [6, 6.07) is 10.9. The molecule has 3 N–H and O–H groups in total. The van der Waals surface area contributed by atoms with Gasteiger partial charge in [-0.3, -0.25) is 9.59 Å². The standard InChI is InChI=1S/C18H17N3O3/c19-17(22)11-2-4-15-14(9-11)13-3-1-12(10-16(13)20-15)18(23)21-5-7-24-8-6-21/h1-4,9-10,20H,5-8H2,(H2,19,22). The van der Waals surface area contributed by atoms with Crippen LogP contribution in [0.4, 0.5) is 0 Å². The Morgan fingerprint density at radius 1 is 0.958 bits per heavy atom. The maximum absolute atomic E-state index is 12.6. The maximum Gasteiger partial charge on any atom is 0.254 e. The topological polar surface area (TPSA) is 88.4 Å². The van der Waals surface area contributed by atoms with Crippen LogP contribution in [0, 0.1) is 0 Å². The van der Waals surface area contributed by atoms with E-state index in [1.165, 1.54) is 0 Å². The van der Waals surface area contributed by atoms with Gasteiger partial charge in [0.25, 0.3) is 5.91 Å². The average molecular weight is 323 g/mol. The highest BCUT2D eigenvalue weighted by Crippen LogP contribution is 2.27. The number of aromatic nitrogens is 1. The van der Waals surface area contributed by atoms with Gasteiger partial charge in [0.05, 0.1) is 13.2 Å². The summed E-state index contributed by atoms with van der Waals surface area (Å²) >= 11 is 0. The number of H-pyrrole nitrogens is 1. The molecule has 0 aliphatic carbocycles. The van der Waals surface area contributed by atoms with E-state index >= 15 is 0 Å². The molecule has 1 fully saturated rings. The first-order chi connectivity index (χ1) is 11.6. The van der Waals surface area contributed by atoms with Crippen molar-refractivity contribution in [1.29, 1.82) is 0 Å². The number of aromatic amines is 1. The molecule has 2 heterocycles. The number of morpholine rings is 1. The van der Waals surface area contributed by atoms with Crippen molar-refractivity contribution in [3.05, 3.63) is 47.5 Å². The minimum Gasteiger partial charge on any atom is -0.378 e. The van der Waals surface area contributed by atoms with Crippen molar-refractivity contribution in [3.8, 4) is 0 Å². The fourth-order valence-electron chi connectivity index (χ4n) is 3.14. The third-order valence-electron chi connectivity index (χ3n) is 4.43. The van der Waals surface area contributed by atoms with Gasteiger partial charge in [0.15, 0.2) is 0 Å². The molecule has 0 radical (unpaired) electrons. The van der Waals surface area contributed by atoms with Crippen molar-refractivity contribution in [3.63, 3.8) is 0 Å². The highest BCUT2D eigenvalue weighted by atomic mass is 16.5. The summed E-state index contributed by atoms with van der Waals surface area (Å²) in [7, 11) is 0. The van der Waals surface area contributed by atoms with E-state index in [-0.39, 0.29) is 5.91 Å². The van der Waals surface area contributed by atoms with Gasteiger partial charge >= 0.3 is 0 Å². The summed E-state index contributed by atoms with van der Waals surface area (Å²) in [6.45, 7) is 2.39. The Bertz CT molecular complexity index is 955. The van der Waals surface area contributed by atoms with Crippen LogP contribution in [0.5, 0.6) is 0 Å². The molecule has 2 amide bonds. The second-order valence-corrected chi connectivity index (χ2v) is 5.91. The predicted molar refractivity (Wildman–Crippen MR) is 91.0 cm³/mol. The third kappa shape index (κ3) is 2.41. The number of nitrogens with one attached hydrogen (secondary N) is 1. The Balaban J connectivity index is 1.76. The van der Waals surface area contributed by atoms with Gasteiger partial charge in [-0.2, -0.15) is 0 Å². The number of amides is 2. The fraction of sp³-hybridized carbons (Fsp3) is 0.222. The van der Waals surface area contributed by atoms with E-state index < -0.39 is 5.91 Å². The minimum atomic E-state index is -0.453. The highest BCUT2D eigenvalue weighted by molar-refractivity contribution is 6.11. The zero-order valence-corrected chi connectivity index (χ0v) is 13.0. The number of carbonyl (C=O) groups excluding carboxylic acids is 2. The van der Waals surface area contributed by atoms with Crippen LogP contribution >= 0.6 is 0 Å². The zero-order valence-electron chi connectivity index (χ0n) is 13.0. The molecule has 0 spiro atoms. The number of hydrogen-bond acceptors (Lipinski definition) is 3. The van der Waals surface area contributed by atoms with E-state index in [0.717, 1.165) is 21.8 Å². The lowest BCUT2D eigenvalue weighted by molar-refractivity contribution is 0.0303. The van der Waals surface area contributed by atoms with Crippen LogP contribution < -0.4 is 5.73 Å². The van der Waals surface area contributed by atoms with Gasteiger partial charge in [0, 0.05) is 46.0 Å². The summed E-state index contributed by atoms with van der Waals surface area (Å²) < 4.78 is 5.29. The molecule has 3 aromatic rings. The monoisotopic (exact) mass is 323 g/mol. The number of nitrogens with two attached hydrogens (primary N) is 1. The van der Waals surface area contributed by atoms with Crippen LogP contribution in [-0.2, 0) is 4.74 Å². The first kappa shape index (κ1) is 14.7. The van der Waals surface area contributed by atoms with E-state index in [9.17, 15) is 9.59 Å². The summed E-state index contributed by atoms with van der Waals surface area (Å²) in [4.78, 5) is 29.1. The summed E-state index contributed by atoms with van der Waals surface area (Å²) in [5.74, 6) is -0.443. The Hall–Kier alpha value is -2.86. The molecule has 0 saturated carbocycles. The Morgan fingerprint density at radius 2 is 1.71 bits per heavy atom. The third-order valence-corrected chi connectivity index (χ3v) is 4.43. The van der Waals surface area contributed by atoms with E-state index in [1.54, 1.807) is 17.0 Å². The SMILES string of the molecule is NC(=O)c1ccc2[nH]c3cc(C(=O)N4CCOCC4)ccc3c2c1. The molecule has 24 heavy (non-hydrogen) atoms. The summed E-state index contributed by atoms with van der Waals surface area (Å²) in [5.41, 5.74) is 8.24. The first-order valence-corrected chi connectivity index (χ1v) is 7.86. The molecule has 2 aromatic carbocycles. The molecule has 122 valence electrons. The number of nitrogens with zero attached hydrogens (tertiary/aromatic N) is 1.